The summed E-state index contributed by atoms with van der Waals surface area (Å²) < 4.78 is 16.1. The number of alkyl halides is 1. The maximum atomic E-state index is 10.9. The normalized spacial score (nSPS) is 43.6. The van der Waals surface area contributed by atoms with Crippen LogP contribution in [-0.2, 0) is 15.5 Å². The number of hydrogen-bond acceptors (Lipinski definition) is 2. The van der Waals surface area contributed by atoms with Crippen LogP contribution in [0.15, 0.2) is 0 Å². The Balaban J connectivity index is 2.44. The molecule has 9 heavy (non-hydrogen) atoms. The van der Waals surface area contributed by atoms with E-state index in [1.165, 1.54) is 0 Å². The predicted molar refractivity (Wildman–Crippen MR) is 38.1 cm³/mol. The third-order valence-electron chi connectivity index (χ3n) is 1.28. The average molecular weight is 169 g/mol. The fraction of sp³-hybridized carbons (Fsp3) is 1.00. The van der Waals surface area contributed by atoms with E-state index in [1.807, 2.05) is 6.92 Å². The fourth-order valence-corrected chi connectivity index (χ4v) is 2.20. The largest absolute Gasteiger partial charge is 0.360 e. The van der Waals surface area contributed by atoms with E-state index in [0.29, 0.717) is 11.6 Å². The maximum absolute atomic E-state index is 10.9. The highest BCUT2D eigenvalue weighted by atomic mass is 35.5. The van der Waals surface area contributed by atoms with Gasteiger partial charge in [0.2, 0.25) is 0 Å². The topological polar surface area (TPSA) is 26.3 Å². The molecule has 0 N–H and O–H groups in total. The Morgan fingerprint density at radius 3 is 2.78 bits per heavy atom. The molecule has 4 heteroatoms. The van der Waals surface area contributed by atoms with Crippen molar-refractivity contribution in [2.75, 3.05) is 11.6 Å². The minimum atomic E-state index is -0.804. The molecule has 0 unspecified atom stereocenters. The summed E-state index contributed by atoms with van der Waals surface area (Å²) in [4.78, 5) is 0. The summed E-state index contributed by atoms with van der Waals surface area (Å²) >= 11 is 5.48. The molecule has 0 amide bonds. The Morgan fingerprint density at radius 2 is 2.56 bits per heavy atom. The molecule has 0 aromatic rings. The molecule has 1 heterocycles. The van der Waals surface area contributed by atoms with Gasteiger partial charge in [0.05, 0.1) is 22.7 Å². The van der Waals surface area contributed by atoms with Crippen molar-refractivity contribution >= 4 is 22.4 Å². The van der Waals surface area contributed by atoms with Gasteiger partial charge in [0.15, 0.2) is 0 Å². The van der Waals surface area contributed by atoms with Crippen molar-refractivity contribution in [3.63, 3.8) is 0 Å². The van der Waals surface area contributed by atoms with Gasteiger partial charge in [-0.3, -0.25) is 4.21 Å². The summed E-state index contributed by atoms with van der Waals surface area (Å²) in [7, 11) is -0.804. The van der Waals surface area contributed by atoms with Gasteiger partial charge >= 0.3 is 0 Å². The molecule has 1 saturated heterocycles. The second-order valence-electron chi connectivity index (χ2n) is 2.03. The van der Waals surface area contributed by atoms with Crippen LogP contribution in [0.25, 0.3) is 0 Å². The molecule has 0 aliphatic carbocycles. The van der Waals surface area contributed by atoms with Crippen LogP contribution in [0.3, 0.4) is 0 Å². The Bertz CT molecular complexity index is 128. The highest BCUT2D eigenvalue weighted by Gasteiger charge is 2.27. The van der Waals surface area contributed by atoms with E-state index in [0.717, 1.165) is 0 Å². The molecule has 0 aromatic heterocycles. The summed E-state index contributed by atoms with van der Waals surface area (Å²) in [5, 5.41) is 0. The molecule has 0 aromatic carbocycles. The molecule has 1 rings (SSSR count). The Labute approximate surface area is 62.0 Å². The van der Waals surface area contributed by atoms with Crippen LogP contribution in [0.5, 0.6) is 0 Å². The highest BCUT2D eigenvalue weighted by molar-refractivity contribution is 7.85. The van der Waals surface area contributed by atoms with Crippen LogP contribution >= 0.6 is 11.6 Å². The standard InChI is InChI=1S/C5H9ClO2S/c1-4-8-5(2-6)3-9(4)7/h4-5H,2-3H2,1H3/t4-,5+,9+/m0/s1. The first-order chi connectivity index (χ1) is 4.24. The number of rotatable bonds is 1. The van der Waals surface area contributed by atoms with Gasteiger partial charge in [-0.15, -0.1) is 11.6 Å². The number of ether oxygens (including phenoxy) is 1. The zero-order chi connectivity index (χ0) is 6.85. The lowest BCUT2D eigenvalue weighted by Crippen LogP contribution is -2.11. The molecule has 0 saturated carbocycles. The van der Waals surface area contributed by atoms with Crippen molar-refractivity contribution in [1.29, 1.82) is 0 Å². The molecule has 3 atom stereocenters. The van der Waals surface area contributed by atoms with E-state index < -0.39 is 10.8 Å². The van der Waals surface area contributed by atoms with Crippen molar-refractivity contribution in [2.24, 2.45) is 0 Å². The van der Waals surface area contributed by atoms with Crippen LogP contribution in [0.1, 0.15) is 6.92 Å². The highest BCUT2D eigenvalue weighted by Crippen LogP contribution is 2.14. The van der Waals surface area contributed by atoms with Gasteiger partial charge in [0.25, 0.3) is 0 Å². The number of hydrogen-bond donors (Lipinski definition) is 0. The van der Waals surface area contributed by atoms with Gasteiger partial charge in [-0.2, -0.15) is 0 Å². The third kappa shape index (κ3) is 1.66. The first kappa shape index (κ1) is 7.51. The van der Waals surface area contributed by atoms with E-state index in [-0.39, 0.29) is 11.5 Å². The Hall–Kier alpha value is 0.400. The maximum Gasteiger partial charge on any atom is 0.130 e. The summed E-state index contributed by atoms with van der Waals surface area (Å²) in [6.45, 7) is 1.81. The average Bonchev–Trinajstić information content (AvgIpc) is 2.13. The first-order valence-electron chi connectivity index (χ1n) is 2.82. The first-order valence-corrected chi connectivity index (χ1v) is 4.74. The van der Waals surface area contributed by atoms with Gasteiger partial charge in [-0.05, 0) is 6.92 Å². The van der Waals surface area contributed by atoms with Crippen molar-refractivity contribution in [3.8, 4) is 0 Å². The summed E-state index contributed by atoms with van der Waals surface area (Å²) in [6, 6.07) is 0. The van der Waals surface area contributed by atoms with Crippen molar-refractivity contribution in [3.05, 3.63) is 0 Å². The van der Waals surface area contributed by atoms with Gasteiger partial charge in [-0.1, -0.05) is 0 Å². The molecule has 0 spiro atoms. The van der Waals surface area contributed by atoms with Crippen LogP contribution in [0.4, 0.5) is 0 Å². The van der Waals surface area contributed by atoms with Crippen LogP contribution in [-0.4, -0.2) is 27.4 Å². The monoisotopic (exact) mass is 168 g/mol. The molecule has 2 nitrogen and oxygen atoms in total. The molecule has 0 bridgehead atoms. The van der Waals surface area contributed by atoms with Gasteiger partial charge in [-0.25, -0.2) is 0 Å². The van der Waals surface area contributed by atoms with Gasteiger partial charge in [0.1, 0.15) is 5.44 Å². The third-order valence-corrected chi connectivity index (χ3v) is 3.17. The van der Waals surface area contributed by atoms with Crippen molar-refractivity contribution in [1.82, 2.24) is 0 Å². The van der Waals surface area contributed by atoms with Crippen LogP contribution in [0, 0.1) is 0 Å². The van der Waals surface area contributed by atoms with Crippen LogP contribution < -0.4 is 0 Å². The van der Waals surface area contributed by atoms with Crippen LogP contribution in [0.2, 0.25) is 0 Å². The fourth-order valence-electron chi connectivity index (χ4n) is 0.772. The second-order valence-corrected chi connectivity index (χ2v) is 4.09. The molecule has 1 fully saturated rings. The SMILES string of the molecule is C[C@H]1O[C@H](CCl)C[S@]1=O. The smallest absolute Gasteiger partial charge is 0.130 e. The zero-order valence-electron chi connectivity index (χ0n) is 5.17. The van der Waals surface area contributed by atoms with Crippen molar-refractivity contribution in [2.45, 2.75) is 18.5 Å². The number of halogens is 1. The zero-order valence-corrected chi connectivity index (χ0v) is 6.74. The second kappa shape index (κ2) is 2.99. The minimum Gasteiger partial charge on any atom is -0.360 e. The summed E-state index contributed by atoms with van der Waals surface area (Å²) in [6.07, 6.45) is 0.0162. The summed E-state index contributed by atoms with van der Waals surface area (Å²) in [5.74, 6) is 1.06. The van der Waals surface area contributed by atoms with Crippen molar-refractivity contribution < 1.29 is 8.95 Å². The quantitative estimate of drug-likeness (QED) is 0.540. The predicted octanol–water partition coefficient (Wildman–Crippen LogP) is 0.719. The molecule has 54 valence electrons. The van der Waals surface area contributed by atoms with E-state index in [9.17, 15) is 4.21 Å². The summed E-state index contributed by atoms with van der Waals surface area (Å²) in [5.41, 5.74) is -0.117. The van der Waals surface area contributed by atoms with E-state index >= 15 is 0 Å². The van der Waals surface area contributed by atoms with Gasteiger partial charge < -0.3 is 4.74 Å². The molecular formula is C5H9ClO2S. The Morgan fingerprint density at radius 1 is 1.89 bits per heavy atom. The van der Waals surface area contributed by atoms with E-state index in [1.54, 1.807) is 0 Å². The van der Waals surface area contributed by atoms with Gasteiger partial charge in [0, 0.05) is 5.88 Å². The molecular weight excluding hydrogens is 160 g/mol. The van der Waals surface area contributed by atoms with E-state index in [4.69, 9.17) is 16.3 Å². The lowest BCUT2D eigenvalue weighted by Gasteiger charge is -2.02. The Kier molecular flexibility index (Phi) is 2.50. The lowest BCUT2D eigenvalue weighted by atomic mass is 10.5. The minimum absolute atomic E-state index is 0.0162. The molecule has 1 aliphatic rings. The lowest BCUT2D eigenvalue weighted by molar-refractivity contribution is 0.0899. The molecule has 1 aliphatic heterocycles. The molecule has 0 radical (unpaired) electrons. The van der Waals surface area contributed by atoms with E-state index in [2.05, 4.69) is 0 Å².